The highest BCUT2D eigenvalue weighted by atomic mass is 35.5. The van der Waals surface area contributed by atoms with Gasteiger partial charge in [0.15, 0.2) is 11.0 Å². The molecule has 22 heavy (non-hydrogen) atoms. The second-order valence-electron chi connectivity index (χ2n) is 6.06. The zero-order chi connectivity index (χ0) is 15.7. The highest BCUT2D eigenvalue weighted by Gasteiger charge is 2.23. The fraction of sp³-hybridized carbons (Fsp3) is 0.333. The van der Waals surface area contributed by atoms with E-state index in [1.807, 2.05) is 18.2 Å². The van der Waals surface area contributed by atoms with Crippen LogP contribution in [-0.4, -0.2) is 24.8 Å². The number of fused-ring (bicyclic) bond motifs is 1. The van der Waals surface area contributed by atoms with E-state index in [0.29, 0.717) is 17.3 Å². The number of rotatable bonds is 3. The molecule has 3 aromatic rings. The van der Waals surface area contributed by atoms with Crippen molar-refractivity contribution in [1.82, 2.24) is 24.8 Å². The summed E-state index contributed by atoms with van der Waals surface area (Å²) in [5, 5.41) is 16.5. The first-order chi connectivity index (χ1) is 10.4. The molecule has 3 aromatic heterocycles. The van der Waals surface area contributed by atoms with Crippen LogP contribution < -0.4 is 5.32 Å². The van der Waals surface area contributed by atoms with Gasteiger partial charge in [-0.3, -0.25) is 4.98 Å². The Bertz CT molecular complexity index is 791. The van der Waals surface area contributed by atoms with Gasteiger partial charge in [0, 0.05) is 17.7 Å². The summed E-state index contributed by atoms with van der Waals surface area (Å²) in [6, 6.07) is 7.55. The first-order valence-electron chi connectivity index (χ1n) is 7.01. The standard InChI is InChI=1S/C15H17ClN6/c1-15(2,3)14-20-19-13-11(8-12(16)21-22(13)14)18-9-10-6-4-5-7-17-10/h4-8,18H,9H2,1-3H3. The van der Waals surface area contributed by atoms with Gasteiger partial charge in [0.25, 0.3) is 0 Å². The maximum Gasteiger partial charge on any atom is 0.201 e. The maximum atomic E-state index is 6.14. The highest BCUT2D eigenvalue weighted by Crippen LogP contribution is 2.25. The number of hydrogen-bond acceptors (Lipinski definition) is 5. The smallest absolute Gasteiger partial charge is 0.201 e. The Morgan fingerprint density at radius 3 is 2.73 bits per heavy atom. The lowest BCUT2D eigenvalue weighted by atomic mass is 9.96. The first kappa shape index (κ1) is 14.7. The van der Waals surface area contributed by atoms with E-state index in [0.717, 1.165) is 17.2 Å². The van der Waals surface area contributed by atoms with Gasteiger partial charge in [-0.15, -0.1) is 10.2 Å². The second kappa shape index (κ2) is 5.53. The van der Waals surface area contributed by atoms with Crippen molar-refractivity contribution in [3.63, 3.8) is 0 Å². The Morgan fingerprint density at radius 2 is 2.05 bits per heavy atom. The van der Waals surface area contributed by atoms with Crippen LogP contribution in [-0.2, 0) is 12.0 Å². The average Bonchev–Trinajstić information content (AvgIpc) is 2.89. The van der Waals surface area contributed by atoms with Gasteiger partial charge in [0.05, 0.1) is 17.9 Å². The van der Waals surface area contributed by atoms with Gasteiger partial charge < -0.3 is 5.32 Å². The Hall–Kier alpha value is -2.21. The van der Waals surface area contributed by atoms with Crippen LogP contribution in [0.1, 0.15) is 32.3 Å². The summed E-state index contributed by atoms with van der Waals surface area (Å²) in [6.07, 6.45) is 1.76. The van der Waals surface area contributed by atoms with E-state index in [-0.39, 0.29) is 5.41 Å². The molecule has 0 aliphatic rings. The van der Waals surface area contributed by atoms with Crippen molar-refractivity contribution in [3.05, 3.63) is 47.1 Å². The van der Waals surface area contributed by atoms with E-state index in [1.165, 1.54) is 0 Å². The van der Waals surface area contributed by atoms with Crippen molar-refractivity contribution >= 4 is 22.9 Å². The minimum absolute atomic E-state index is 0.171. The molecule has 6 nitrogen and oxygen atoms in total. The van der Waals surface area contributed by atoms with Gasteiger partial charge in [-0.1, -0.05) is 38.4 Å². The monoisotopic (exact) mass is 316 g/mol. The van der Waals surface area contributed by atoms with Gasteiger partial charge in [-0.05, 0) is 12.1 Å². The van der Waals surface area contributed by atoms with Gasteiger partial charge >= 0.3 is 0 Å². The molecule has 0 aromatic carbocycles. The van der Waals surface area contributed by atoms with Gasteiger partial charge in [0.1, 0.15) is 0 Å². The highest BCUT2D eigenvalue weighted by molar-refractivity contribution is 6.29. The Morgan fingerprint density at radius 1 is 1.23 bits per heavy atom. The largest absolute Gasteiger partial charge is 0.376 e. The molecule has 0 unspecified atom stereocenters. The van der Waals surface area contributed by atoms with E-state index in [9.17, 15) is 0 Å². The third kappa shape index (κ3) is 2.87. The van der Waals surface area contributed by atoms with Gasteiger partial charge in [-0.2, -0.15) is 9.61 Å². The third-order valence-electron chi connectivity index (χ3n) is 3.20. The minimum atomic E-state index is -0.171. The molecule has 0 atom stereocenters. The van der Waals surface area contributed by atoms with Crippen molar-refractivity contribution in [1.29, 1.82) is 0 Å². The molecule has 1 N–H and O–H groups in total. The molecule has 7 heteroatoms. The van der Waals surface area contributed by atoms with E-state index >= 15 is 0 Å². The summed E-state index contributed by atoms with van der Waals surface area (Å²) >= 11 is 6.14. The second-order valence-corrected chi connectivity index (χ2v) is 6.45. The minimum Gasteiger partial charge on any atom is -0.376 e. The predicted octanol–water partition coefficient (Wildman–Crippen LogP) is 3.08. The molecule has 0 radical (unpaired) electrons. The number of nitrogens with zero attached hydrogens (tertiary/aromatic N) is 5. The molecule has 0 bridgehead atoms. The summed E-state index contributed by atoms with van der Waals surface area (Å²) in [5.74, 6) is 0.769. The molecule has 0 saturated carbocycles. The van der Waals surface area contributed by atoms with Crippen LogP contribution in [0.4, 0.5) is 5.69 Å². The normalized spacial score (nSPS) is 11.8. The third-order valence-corrected chi connectivity index (χ3v) is 3.38. The van der Waals surface area contributed by atoms with Crippen LogP contribution in [0.5, 0.6) is 0 Å². The zero-order valence-electron chi connectivity index (χ0n) is 12.7. The van der Waals surface area contributed by atoms with E-state index in [4.69, 9.17) is 11.6 Å². The topological polar surface area (TPSA) is 68.0 Å². The van der Waals surface area contributed by atoms with Crippen LogP contribution >= 0.6 is 11.6 Å². The fourth-order valence-corrected chi connectivity index (χ4v) is 2.32. The van der Waals surface area contributed by atoms with Crippen LogP contribution in [0.2, 0.25) is 5.15 Å². The first-order valence-corrected chi connectivity index (χ1v) is 7.39. The van der Waals surface area contributed by atoms with Crippen LogP contribution in [0.3, 0.4) is 0 Å². The lowest BCUT2D eigenvalue weighted by Crippen LogP contribution is -2.17. The maximum absolute atomic E-state index is 6.14. The predicted molar refractivity (Wildman–Crippen MR) is 86.1 cm³/mol. The lowest BCUT2D eigenvalue weighted by Gasteiger charge is -2.15. The number of anilines is 1. The van der Waals surface area contributed by atoms with Crippen LogP contribution in [0.25, 0.3) is 5.65 Å². The number of nitrogens with one attached hydrogen (secondary N) is 1. The Kier molecular flexibility index (Phi) is 3.70. The van der Waals surface area contributed by atoms with Gasteiger partial charge in [0.2, 0.25) is 5.65 Å². The molecule has 3 heterocycles. The quantitative estimate of drug-likeness (QED) is 0.804. The summed E-state index contributed by atoms with van der Waals surface area (Å²) < 4.78 is 1.70. The van der Waals surface area contributed by atoms with E-state index in [2.05, 4.69) is 46.4 Å². The summed E-state index contributed by atoms with van der Waals surface area (Å²) in [7, 11) is 0. The van der Waals surface area contributed by atoms with E-state index < -0.39 is 0 Å². The Balaban J connectivity index is 1.98. The van der Waals surface area contributed by atoms with E-state index in [1.54, 1.807) is 16.8 Å². The molecule has 0 amide bonds. The number of halogens is 1. The van der Waals surface area contributed by atoms with Crippen molar-refractivity contribution in [3.8, 4) is 0 Å². The molecule has 0 aliphatic heterocycles. The molecule has 0 saturated heterocycles. The molecular formula is C15H17ClN6. The van der Waals surface area contributed by atoms with Crippen molar-refractivity contribution in [2.75, 3.05) is 5.32 Å². The Labute approximate surface area is 133 Å². The van der Waals surface area contributed by atoms with Crippen molar-refractivity contribution in [2.24, 2.45) is 0 Å². The molecule has 0 spiro atoms. The van der Waals surface area contributed by atoms with Crippen molar-refractivity contribution in [2.45, 2.75) is 32.7 Å². The molecule has 0 aliphatic carbocycles. The molecule has 0 fully saturated rings. The lowest BCUT2D eigenvalue weighted by molar-refractivity contribution is 0.527. The van der Waals surface area contributed by atoms with Crippen molar-refractivity contribution < 1.29 is 0 Å². The van der Waals surface area contributed by atoms with Crippen LogP contribution in [0, 0.1) is 0 Å². The summed E-state index contributed by atoms with van der Waals surface area (Å²) in [5.41, 5.74) is 2.21. The molecule has 114 valence electrons. The number of aromatic nitrogens is 5. The van der Waals surface area contributed by atoms with Gasteiger partial charge in [-0.25, -0.2) is 0 Å². The summed E-state index contributed by atoms with van der Waals surface area (Å²) in [4.78, 5) is 4.29. The SMILES string of the molecule is CC(C)(C)c1nnc2c(NCc3ccccn3)cc(Cl)nn12. The zero-order valence-corrected chi connectivity index (χ0v) is 13.5. The molecular weight excluding hydrogens is 300 g/mol. The molecule has 3 rings (SSSR count). The number of hydrogen-bond donors (Lipinski definition) is 1. The average molecular weight is 317 g/mol. The van der Waals surface area contributed by atoms with Crippen LogP contribution in [0.15, 0.2) is 30.5 Å². The fourth-order valence-electron chi connectivity index (χ4n) is 2.14. The number of pyridine rings is 1. The summed E-state index contributed by atoms with van der Waals surface area (Å²) in [6.45, 7) is 6.77.